The predicted octanol–water partition coefficient (Wildman–Crippen LogP) is 4.77. The van der Waals surface area contributed by atoms with Crippen molar-refractivity contribution in [3.63, 3.8) is 0 Å². The maximum absolute atomic E-state index is 12.0. The minimum atomic E-state index is -0.554. The summed E-state index contributed by atoms with van der Waals surface area (Å²) in [5.41, 5.74) is 0.0894. The molecule has 0 bridgehead atoms. The summed E-state index contributed by atoms with van der Waals surface area (Å²) in [4.78, 5) is 12.0. The van der Waals surface area contributed by atoms with E-state index >= 15 is 0 Å². The zero-order valence-corrected chi connectivity index (χ0v) is 15.8. The first-order valence-electron chi connectivity index (χ1n) is 7.15. The Morgan fingerprint density at radius 1 is 1.26 bits per heavy atom. The number of benzene rings is 2. The number of ether oxygens (including phenoxy) is 3. The van der Waals surface area contributed by atoms with Gasteiger partial charge in [-0.25, -0.2) is 4.79 Å². The van der Waals surface area contributed by atoms with Gasteiger partial charge in [0, 0.05) is 12.5 Å². The molecule has 0 spiro atoms. The molecule has 0 heterocycles. The standard InChI is InChI=1S/C17H20INO4/c1-17(2,3)23-16(20)19-13-9-11-7-5-6-8-12(11)15(14(13)18)22-10-21-4/h5-9H,10H2,1-4H3,(H,19,20). The lowest BCUT2D eigenvalue weighted by molar-refractivity contribution is 0.0517. The number of nitrogens with one attached hydrogen (secondary N) is 1. The predicted molar refractivity (Wildman–Crippen MR) is 99.0 cm³/mol. The van der Waals surface area contributed by atoms with Gasteiger partial charge in [-0.3, -0.25) is 5.32 Å². The summed E-state index contributed by atoms with van der Waals surface area (Å²) >= 11 is 2.15. The van der Waals surface area contributed by atoms with Crippen LogP contribution in [0.2, 0.25) is 0 Å². The van der Waals surface area contributed by atoms with Crippen LogP contribution in [-0.4, -0.2) is 25.6 Å². The van der Waals surface area contributed by atoms with Crippen LogP contribution in [0.3, 0.4) is 0 Å². The highest BCUT2D eigenvalue weighted by Crippen LogP contribution is 2.37. The molecule has 0 aliphatic carbocycles. The van der Waals surface area contributed by atoms with Gasteiger partial charge in [-0.15, -0.1) is 0 Å². The number of methoxy groups -OCH3 is 1. The SMILES string of the molecule is COCOc1c(I)c(NC(=O)OC(C)(C)C)cc2ccccc12. The van der Waals surface area contributed by atoms with Crippen LogP contribution in [-0.2, 0) is 9.47 Å². The van der Waals surface area contributed by atoms with Crippen molar-refractivity contribution in [2.45, 2.75) is 26.4 Å². The lowest BCUT2D eigenvalue weighted by Crippen LogP contribution is -2.27. The Bertz CT molecular complexity index is 710. The molecule has 6 heteroatoms. The Morgan fingerprint density at radius 2 is 1.96 bits per heavy atom. The van der Waals surface area contributed by atoms with Crippen molar-refractivity contribution in [1.82, 2.24) is 0 Å². The second kappa shape index (κ2) is 7.35. The number of carbonyl (C=O) groups excluding carboxylic acids is 1. The van der Waals surface area contributed by atoms with E-state index in [-0.39, 0.29) is 6.79 Å². The zero-order chi connectivity index (χ0) is 17.0. The molecular formula is C17H20INO4. The van der Waals surface area contributed by atoms with Crippen LogP contribution in [0, 0.1) is 3.57 Å². The van der Waals surface area contributed by atoms with E-state index in [2.05, 4.69) is 27.9 Å². The van der Waals surface area contributed by atoms with Crippen molar-refractivity contribution < 1.29 is 19.0 Å². The third kappa shape index (κ3) is 4.71. The zero-order valence-electron chi connectivity index (χ0n) is 13.6. The molecule has 5 nitrogen and oxygen atoms in total. The third-order valence-corrected chi connectivity index (χ3v) is 3.97. The number of rotatable bonds is 4. The second-order valence-electron chi connectivity index (χ2n) is 5.97. The molecule has 0 atom stereocenters. The fraction of sp³-hybridized carbons (Fsp3) is 0.353. The Hall–Kier alpha value is -1.54. The van der Waals surface area contributed by atoms with Gasteiger partial charge < -0.3 is 14.2 Å². The van der Waals surface area contributed by atoms with Crippen molar-refractivity contribution in [1.29, 1.82) is 0 Å². The molecule has 23 heavy (non-hydrogen) atoms. The van der Waals surface area contributed by atoms with E-state index in [0.717, 1.165) is 14.3 Å². The number of halogens is 1. The fourth-order valence-electron chi connectivity index (χ4n) is 2.05. The van der Waals surface area contributed by atoms with Gasteiger partial charge in [0.25, 0.3) is 0 Å². The number of carbonyl (C=O) groups is 1. The summed E-state index contributed by atoms with van der Waals surface area (Å²) in [7, 11) is 1.57. The first kappa shape index (κ1) is 17.8. The van der Waals surface area contributed by atoms with Crippen LogP contribution < -0.4 is 10.1 Å². The first-order valence-corrected chi connectivity index (χ1v) is 8.22. The van der Waals surface area contributed by atoms with E-state index in [4.69, 9.17) is 14.2 Å². The lowest BCUT2D eigenvalue weighted by atomic mass is 10.1. The highest BCUT2D eigenvalue weighted by Gasteiger charge is 2.19. The number of hydrogen-bond donors (Lipinski definition) is 1. The molecule has 0 radical (unpaired) electrons. The largest absolute Gasteiger partial charge is 0.466 e. The average Bonchev–Trinajstić information content (AvgIpc) is 2.45. The topological polar surface area (TPSA) is 56.8 Å². The van der Waals surface area contributed by atoms with Gasteiger partial charge in [-0.2, -0.15) is 0 Å². The molecular weight excluding hydrogens is 409 g/mol. The van der Waals surface area contributed by atoms with Crippen molar-refractivity contribution in [3.8, 4) is 5.75 Å². The molecule has 0 aliphatic rings. The summed E-state index contributed by atoms with van der Waals surface area (Å²) in [5, 5.41) is 4.71. The molecule has 0 aliphatic heterocycles. The van der Waals surface area contributed by atoms with Gasteiger partial charge in [-0.05, 0) is 54.8 Å². The van der Waals surface area contributed by atoms with E-state index in [0.29, 0.717) is 11.4 Å². The normalized spacial score (nSPS) is 11.3. The third-order valence-electron chi connectivity index (χ3n) is 2.90. The Kier molecular flexibility index (Phi) is 5.69. The summed E-state index contributed by atoms with van der Waals surface area (Å²) in [6, 6.07) is 9.72. The summed E-state index contributed by atoms with van der Waals surface area (Å²) in [5.74, 6) is 0.677. The van der Waals surface area contributed by atoms with E-state index in [1.807, 2.05) is 51.1 Å². The minimum absolute atomic E-state index is 0.135. The molecule has 0 saturated heterocycles. The number of amides is 1. The Morgan fingerprint density at radius 3 is 2.61 bits per heavy atom. The van der Waals surface area contributed by atoms with Crippen LogP contribution in [0.5, 0.6) is 5.75 Å². The number of fused-ring (bicyclic) bond motifs is 1. The van der Waals surface area contributed by atoms with Gasteiger partial charge >= 0.3 is 6.09 Å². The fourth-order valence-corrected chi connectivity index (χ4v) is 2.79. The van der Waals surface area contributed by atoms with Crippen molar-refractivity contribution in [2.75, 3.05) is 19.2 Å². The van der Waals surface area contributed by atoms with Crippen molar-refractivity contribution in [3.05, 3.63) is 33.9 Å². The molecule has 124 valence electrons. The molecule has 0 unspecified atom stereocenters. The van der Waals surface area contributed by atoms with E-state index in [9.17, 15) is 4.79 Å². The molecule has 0 aromatic heterocycles. The van der Waals surface area contributed by atoms with Crippen LogP contribution in [0.4, 0.5) is 10.5 Å². The summed E-state index contributed by atoms with van der Waals surface area (Å²) < 4.78 is 16.8. The molecule has 0 fully saturated rings. The van der Waals surface area contributed by atoms with E-state index < -0.39 is 11.7 Å². The van der Waals surface area contributed by atoms with Crippen molar-refractivity contribution in [2.24, 2.45) is 0 Å². The monoisotopic (exact) mass is 429 g/mol. The molecule has 0 saturated carbocycles. The summed E-state index contributed by atoms with van der Waals surface area (Å²) in [6.07, 6.45) is -0.497. The van der Waals surface area contributed by atoms with Gasteiger partial charge in [0.15, 0.2) is 6.79 Å². The minimum Gasteiger partial charge on any atom is -0.466 e. The lowest BCUT2D eigenvalue weighted by Gasteiger charge is -2.21. The smallest absolute Gasteiger partial charge is 0.412 e. The van der Waals surface area contributed by atoms with Crippen LogP contribution in [0.25, 0.3) is 10.8 Å². The van der Waals surface area contributed by atoms with E-state index in [1.165, 1.54) is 0 Å². The van der Waals surface area contributed by atoms with Crippen LogP contribution >= 0.6 is 22.6 Å². The maximum Gasteiger partial charge on any atom is 0.412 e. The quantitative estimate of drug-likeness (QED) is 0.562. The van der Waals surface area contributed by atoms with Gasteiger partial charge in [0.05, 0.1) is 9.26 Å². The Labute approximate surface area is 149 Å². The molecule has 1 N–H and O–H groups in total. The van der Waals surface area contributed by atoms with Gasteiger partial charge in [-0.1, -0.05) is 24.3 Å². The van der Waals surface area contributed by atoms with Gasteiger partial charge in [0.2, 0.25) is 0 Å². The second-order valence-corrected chi connectivity index (χ2v) is 7.04. The summed E-state index contributed by atoms with van der Waals surface area (Å²) in [6.45, 7) is 5.61. The highest BCUT2D eigenvalue weighted by atomic mass is 127. The Balaban J connectivity index is 2.40. The molecule has 2 aromatic rings. The van der Waals surface area contributed by atoms with Crippen LogP contribution in [0.1, 0.15) is 20.8 Å². The molecule has 1 amide bonds. The molecule has 2 rings (SSSR count). The average molecular weight is 429 g/mol. The van der Waals surface area contributed by atoms with Gasteiger partial charge in [0.1, 0.15) is 11.4 Å². The number of anilines is 1. The number of hydrogen-bond acceptors (Lipinski definition) is 4. The first-order chi connectivity index (χ1) is 10.8. The highest BCUT2D eigenvalue weighted by molar-refractivity contribution is 14.1. The van der Waals surface area contributed by atoms with Crippen LogP contribution in [0.15, 0.2) is 30.3 Å². The molecule has 2 aromatic carbocycles. The maximum atomic E-state index is 12.0. The van der Waals surface area contributed by atoms with Crippen molar-refractivity contribution >= 4 is 45.1 Å². The van der Waals surface area contributed by atoms with E-state index in [1.54, 1.807) is 7.11 Å².